The van der Waals surface area contributed by atoms with E-state index < -0.39 is 0 Å². The number of likely N-dealkylation sites (tertiary alicyclic amines) is 1. The van der Waals surface area contributed by atoms with Crippen molar-refractivity contribution in [3.8, 4) is 0 Å². The monoisotopic (exact) mass is 251 g/mol. The Kier molecular flexibility index (Phi) is 4.30. The maximum atomic E-state index is 12.1. The first-order chi connectivity index (χ1) is 8.69. The van der Waals surface area contributed by atoms with Crippen molar-refractivity contribution in [3.63, 3.8) is 0 Å². The smallest absolute Gasteiger partial charge is 0.244 e. The lowest BCUT2D eigenvalue weighted by Gasteiger charge is -2.30. The van der Waals surface area contributed by atoms with Crippen molar-refractivity contribution in [1.29, 1.82) is 0 Å². The summed E-state index contributed by atoms with van der Waals surface area (Å²) in [5.41, 5.74) is 0.859. The number of carbonyl (C=O) groups is 1. The molecule has 1 unspecified atom stereocenters. The highest BCUT2D eigenvalue weighted by atomic mass is 16.2. The van der Waals surface area contributed by atoms with Crippen LogP contribution < -0.4 is 5.32 Å². The van der Waals surface area contributed by atoms with Gasteiger partial charge in [-0.05, 0) is 25.8 Å². The minimum Gasteiger partial charge on any atom is -0.341 e. The lowest BCUT2D eigenvalue weighted by molar-refractivity contribution is -0.133. The normalized spacial score (nSPS) is 20.1. The van der Waals surface area contributed by atoms with Gasteiger partial charge in [-0.2, -0.15) is 0 Å². The molecular weight excluding hydrogens is 230 g/mol. The van der Waals surface area contributed by atoms with Crippen molar-refractivity contribution >= 4 is 5.91 Å². The summed E-state index contributed by atoms with van der Waals surface area (Å²) >= 11 is 0. The summed E-state index contributed by atoms with van der Waals surface area (Å²) in [6.45, 7) is 4.91. The van der Waals surface area contributed by atoms with E-state index in [0.717, 1.165) is 25.2 Å². The van der Waals surface area contributed by atoms with Gasteiger partial charge >= 0.3 is 0 Å². The Morgan fingerprint density at radius 1 is 1.61 bits per heavy atom. The number of carbonyl (C=O) groups excluding carboxylic acids is 1. The van der Waals surface area contributed by atoms with Crippen LogP contribution in [-0.4, -0.2) is 45.9 Å². The zero-order valence-electron chi connectivity index (χ0n) is 11.1. The molecule has 0 saturated carbocycles. The minimum absolute atomic E-state index is 0.141. The standard InChI is InChI=1S/C12H21N5O/c1-10-4-3-5-16(7-10)12(18)9-17-8-11(6-13-2)14-15-17/h8,10,13H,3-7,9H2,1-2H3. The van der Waals surface area contributed by atoms with E-state index in [0.29, 0.717) is 19.0 Å². The zero-order chi connectivity index (χ0) is 13.0. The molecule has 1 atom stereocenters. The summed E-state index contributed by atoms with van der Waals surface area (Å²) in [4.78, 5) is 14.0. The molecule has 18 heavy (non-hydrogen) atoms. The van der Waals surface area contributed by atoms with Crippen LogP contribution >= 0.6 is 0 Å². The lowest BCUT2D eigenvalue weighted by atomic mass is 10.0. The SMILES string of the molecule is CNCc1cn(CC(=O)N2CCCC(C)C2)nn1. The van der Waals surface area contributed by atoms with Crippen LogP contribution in [0.5, 0.6) is 0 Å². The Hall–Kier alpha value is -1.43. The summed E-state index contributed by atoms with van der Waals surface area (Å²) in [5.74, 6) is 0.751. The molecule has 2 rings (SSSR count). The van der Waals surface area contributed by atoms with Gasteiger partial charge in [0.05, 0.1) is 11.9 Å². The fourth-order valence-corrected chi connectivity index (χ4v) is 2.33. The van der Waals surface area contributed by atoms with Gasteiger partial charge in [-0.3, -0.25) is 4.79 Å². The Labute approximate surface area is 107 Å². The average molecular weight is 251 g/mol. The van der Waals surface area contributed by atoms with Gasteiger partial charge in [0.25, 0.3) is 0 Å². The molecule has 6 nitrogen and oxygen atoms in total. The van der Waals surface area contributed by atoms with Crippen LogP contribution in [0.25, 0.3) is 0 Å². The van der Waals surface area contributed by atoms with E-state index in [1.165, 1.54) is 6.42 Å². The highest BCUT2D eigenvalue weighted by molar-refractivity contribution is 5.76. The molecule has 0 spiro atoms. The summed E-state index contributed by atoms with van der Waals surface area (Å²) in [6, 6.07) is 0. The topological polar surface area (TPSA) is 63.1 Å². The third kappa shape index (κ3) is 3.29. The highest BCUT2D eigenvalue weighted by Crippen LogP contribution is 2.15. The molecule has 1 fully saturated rings. The van der Waals surface area contributed by atoms with Gasteiger partial charge in [0.1, 0.15) is 6.54 Å². The maximum absolute atomic E-state index is 12.1. The molecule has 0 bridgehead atoms. The van der Waals surface area contributed by atoms with Crippen LogP contribution in [0.15, 0.2) is 6.20 Å². The van der Waals surface area contributed by atoms with E-state index >= 15 is 0 Å². The number of nitrogens with one attached hydrogen (secondary N) is 1. The largest absolute Gasteiger partial charge is 0.341 e. The third-order valence-electron chi connectivity index (χ3n) is 3.25. The second kappa shape index (κ2) is 5.95. The number of piperidine rings is 1. The predicted molar refractivity (Wildman–Crippen MR) is 67.8 cm³/mol. The number of hydrogen-bond donors (Lipinski definition) is 1. The number of hydrogen-bond acceptors (Lipinski definition) is 4. The molecule has 1 aromatic heterocycles. The Bertz CT molecular complexity index is 403. The third-order valence-corrected chi connectivity index (χ3v) is 3.25. The van der Waals surface area contributed by atoms with Gasteiger partial charge in [-0.15, -0.1) is 5.10 Å². The first-order valence-corrected chi connectivity index (χ1v) is 6.50. The van der Waals surface area contributed by atoms with Crippen LogP contribution in [0.3, 0.4) is 0 Å². The molecule has 1 aliphatic rings. The molecule has 6 heteroatoms. The highest BCUT2D eigenvalue weighted by Gasteiger charge is 2.21. The second-order valence-electron chi connectivity index (χ2n) is 5.02. The zero-order valence-corrected chi connectivity index (χ0v) is 11.1. The van der Waals surface area contributed by atoms with Crippen molar-refractivity contribution in [2.75, 3.05) is 20.1 Å². The van der Waals surface area contributed by atoms with E-state index in [1.807, 2.05) is 18.1 Å². The summed E-state index contributed by atoms with van der Waals surface area (Å²) in [6.07, 6.45) is 4.15. The average Bonchev–Trinajstić information content (AvgIpc) is 2.77. The first-order valence-electron chi connectivity index (χ1n) is 6.50. The molecule has 0 aromatic carbocycles. The first kappa shape index (κ1) is 13.0. The number of aromatic nitrogens is 3. The molecule has 0 aliphatic carbocycles. The minimum atomic E-state index is 0.141. The number of amides is 1. The van der Waals surface area contributed by atoms with Gasteiger partial charge in [0.15, 0.2) is 0 Å². The summed E-state index contributed by atoms with van der Waals surface area (Å²) in [7, 11) is 1.86. The molecule has 1 amide bonds. The molecule has 1 saturated heterocycles. The molecule has 2 heterocycles. The summed E-state index contributed by atoms with van der Waals surface area (Å²) in [5, 5.41) is 11.0. The lowest BCUT2D eigenvalue weighted by Crippen LogP contribution is -2.40. The van der Waals surface area contributed by atoms with Crippen molar-refractivity contribution in [2.45, 2.75) is 32.9 Å². The van der Waals surface area contributed by atoms with Gasteiger partial charge < -0.3 is 10.2 Å². The van der Waals surface area contributed by atoms with Crippen molar-refractivity contribution in [3.05, 3.63) is 11.9 Å². The summed E-state index contributed by atoms with van der Waals surface area (Å²) < 4.78 is 1.62. The van der Waals surface area contributed by atoms with E-state index in [4.69, 9.17) is 0 Å². The van der Waals surface area contributed by atoms with Crippen molar-refractivity contribution in [2.24, 2.45) is 5.92 Å². The van der Waals surface area contributed by atoms with Crippen LogP contribution in [0.1, 0.15) is 25.5 Å². The van der Waals surface area contributed by atoms with E-state index in [2.05, 4.69) is 22.6 Å². The quantitative estimate of drug-likeness (QED) is 0.833. The van der Waals surface area contributed by atoms with Crippen LogP contribution in [0.4, 0.5) is 0 Å². The Morgan fingerprint density at radius 3 is 3.17 bits per heavy atom. The number of rotatable bonds is 4. The van der Waals surface area contributed by atoms with Gasteiger partial charge in [0.2, 0.25) is 5.91 Å². The Morgan fingerprint density at radius 2 is 2.44 bits per heavy atom. The van der Waals surface area contributed by atoms with E-state index in [-0.39, 0.29) is 5.91 Å². The van der Waals surface area contributed by atoms with E-state index in [9.17, 15) is 4.79 Å². The van der Waals surface area contributed by atoms with Crippen LogP contribution in [-0.2, 0) is 17.9 Å². The maximum Gasteiger partial charge on any atom is 0.244 e. The van der Waals surface area contributed by atoms with Gasteiger partial charge in [0, 0.05) is 19.6 Å². The van der Waals surface area contributed by atoms with Gasteiger partial charge in [-0.1, -0.05) is 12.1 Å². The molecule has 1 aromatic rings. The Balaban J connectivity index is 1.89. The predicted octanol–water partition coefficient (Wildman–Crippen LogP) is 0.256. The fourth-order valence-electron chi connectivity index (χ4n) is 2.33. The van der Waals surface area contributed by atoms with Crippen molar-refractivity contribution in [1.82, 2.24) is 25.2 Å². The number of nitrogens with zero attached hydrogens (tertiary/aromatic N) is 4. The van der Waals surface area contributed by atoms with Crippen LogP contribution in [0.2, 0.25) is 0 Å². The molecular formula is C12H21N5O. The van der Waals surface area contributed by atoms with Gasteiger partial charge in [-0.25, -0.2) is 4.68 Å². The van der Waals surface area contributed by atoms with Crippen molar-refractivity contribution < 1.29 is 4.79 Å². The van der Waals surface area contributed by atoms with E-state index in [1.54, 1.807) is 4.68 Å². The molecule has 100 valence electrons. The molecule has 1 aliphatic heterocycles. The second-order valence-corrected chi connectivity index (χ2v) is 5.02. The fraction of sp³-hybridized carbons (Fsp3) is 0.750. The van der Waals surface area contributed by atoms with Crippen LogP contribution in [0, 0.1) is 5.92 Å². The molecule has 1 N–H and O–H groups in total. The molecule has 0 radical (unpaired) electrons.